The fraction of sp³-hybridized carbons (Fsp3) is 0.312. The van der Waals surface area contributed by atoms with Crippen LogP contribution < -0.4 is 0 Å². The van der Waals surface area contributed by atoms with Crippen molar-refractivity contribution in [3.05, 3.63) is 41.2 Å². The van der Waals surface area contributed by atoms with Gasteiger partial charge in [0, 0.05) is 5.56 Å². The molecule has 0 radical (unpaired) electrons. The van der Waals surface area contributed by atoms with Crippen LogP contribution in [0.1, 0.15) is 40.6 Å². The van der Waals surface area contributed by atoms with Crippen LogP contribution in [-0.4, -0.2) is 31.7 Å². The second-order valence-electron chi connectivity index (χ2n) is 5.52. The van der Waals surface area contributed by atoms with E-state index in [0.29, 0.717) is 30.8 Å². The molecular weight excluding hydrogens is 284 g/mol. The Morgan fingerprint density at radius 3 is 2.73 bits per heavy atom. The minimum atomic E-state index is -1.12. The Morgan fingerprint density at radius 1 is 1.32 bits per heavy atom. The highest BCUT2D eigenvalue weighted by molar-refractivity contribution is 5.88. The molecule has 3 rings (SSSR count). The van der Waals surface area contributed by atoms with Gasteiger partial charge >= 0.3 is 11.9 Å². The predicted molar refractivity (Wildman–Crippen MR) is 79.0 cm³/mol. The number of hydrogen-bond donors (Lipinski definition) is 2. The van der Waals surface area contributed by atoms with Crippen LogP contribution >= 0.6 is 0 Å². The Hall–Kier alpha value is -2.63. The number of aliphatic carboxylic acids is 1. The van der Waals surface area contributed by atoms with E-state index in [2.05, 4.69) is 4.98 Å². The summed E-state index contributed by atoms with van der Waals surface area (Å²) in [6.45, 7) is 1.93. The van der Waals surface area contributed by atoms with E-state index in [1.165, 1.54) is 0 Å². The number of hydrogen-bond acceptors (Lipinski definition) is 3. The molecule has 2 aromatic rings. The van der Waals surface area contributed by atoms with Crippen LogP contribution in [0.5, 0.6) is 0 Å². The number of aromatic carboxylic acids is 1. The number of carboxylic acids is 2. The Kier molecular flexibility index (Phi) is 3.44. The van der Waals surface area contributed by atoms with E-state index in [9.17, 15) is 19.8 Å². The number of carbonyl (C=O) groups is 2. The number of benzene rings is 1. The number of imidazole rings is 1. The van der Waals surface area contributed by atoms with Crippen LogP contribution in [0, 0.1) is 6.92 Å². The van der Waals surface area contributed by atoms with Crippen molar-refractivity contribution in [2.75, 3.05) is 0 Å². The van der Waals surface area contributed by atoms with Crippen molar-refractivity contribution in [3.63, 3.8) is 0 Å². The zero-order chi connectivity index (χ0) is 15.9. The first-order valence-corrected chi connectivity index (χ1v) is 7.13. The SMILES string of the molecule is Cc1cccc(-c2nc(C(=O)O)c3n2C(C(=O)O)CCC3)c1. The third-order valence-electron chi connectivity index (χ3n) is 3.98. The molecule has 0 bridgehead atoms. The number of nitrogens with zero attached hydrogens (tertiary/aromatic N) is 2. The third kappa shape index (κ3) is 2.26. The highest BCUT2D eigenvalue weighted by atomic mass is 16.4. The van der Waals surface area contributed by atoms with Gasteiger partial charge in [-0.15, -0.1) is 0 Å². The van der Waals surface area contributed by atoms with E-state index in [-0.39, 0.29) is 5.69 Å². The van der Waals surface area contributed by atoms with E-state index in [1.807, 2.05) is 31.2 Å². The molecule has 0 saturated carbocycles. The summed E-state index contributed by atoms with van der Waals surface area (Å²) in [5, 5.41) is 18.8. The Morgan fingerprint density at radius 2 is 2.09 bits per heavy atom. The average Bonchev–Trinajstić information content (AvgIpc) is 2.86. The fourth-order valence-electron chi connectivity index (χ4n) is 3.03. The smallest absolute Gasteiger partial charge is 0.356 e. The Balaban J connectivity index is 2.26. The zero-order valence-electron chi connectivity index (χ0n) is 12.1. The van der Waals surface area contributed by atoms with Crippen LogP contribution in [0.2, 0.25) is 0 Å². The summed E-state index contributed by atoms with van der Waals surface area (Å²) in [5.41, 5.74) is 2.21. The van der Waals surface area contributed by atoms with Gasteiger partial charge < -0.3 is 14.8 Å². The number of rotatable bonds is 3. The summed E-state index contributed by atoms with van der Waals surface area (Å²) < 4.78 is 1.59. The van der Waals surface area contributed by atoms with Gasteiger partial charge in [-0.3, -0.25) is 0 Å². The van der Waals surface area contributed by atoms with Crippen molar-refractivity contribution in [1.29, 1.82) is 0 Å². The van der Waals surface area contributed by atoms with Crippen molar-refractivity contribution in [1.82, 2.24) is 9.55 Å². The van der Waals surface area contributed by atoms with Crippen LogP contribution in [0.25, 0.3) is 11.4 Å². The summed E-state index contributed by atoms with van der Waals surface area (Å²) >= 11 is 0. The van der Waals surface area contributed by atoms with Gasteiger partial charge in [0.15, 0.2) is 5.69 Å². The fourth-order valence-corrected chi connectivity index (χ4v) is 3.03. The molecule has 0 amide bonds. The third-order valence-corrected chi connectivity index (χ3v) is 3.98. The molecule has 22 heavy (non-hydrogen) atoms. The Bertz CT molecular complexity index is 764. The first kappa shape index (κ1) is 14.3. The lowest BCUT2D eigenvalue weighted by Gasteiger charge is -2.24. The topological polar surface area (TPSA) is 92.4 Å². The highest BCUT2D eigenvalue weighted by Crippen LogP contribution is 2.34. The molecule has 0 aliphatic carbocycles. The van der Waals surface area contributed by atoms with Gasteiger partial charge in [0.2, 0.25) is 0 Å². The molecule has 1 atom stereocenters. The second kappa shape index (κ2) is 5.29. The lowest BCUT2D eigenvalue weighted by Crippen LogP contribution is -2.26. The highest BCUT2D eigenvalue weighted by Gasteiger charge is 2.33. The van der Waals surface area contributed by atoms with Gasteiger partial charge in [-0.1, -0.05) is 23.8 Å². The molecule has 6 heteroatoms. The molecule has 114 valence electrons. The molecule has 0 spiro atoms. The van der Waals surface area contributed by atoms with Gasteiger partial charge in [0.05, 0.1) is 5.69 Å². The molecule has 6 nitrogen and oxygen atoms in total. The van der Waals surface area contributed by atoms with E-state index >= 15 is 0 Å². The minimum Gasteiger partial charge on any atom is -0.480 e. The summed E-state index contributed by atoms with van der Waals surface area (Å²) in [5.74, 6) is -1.65. The normalized spacial score (nSPS) is 17.0. The van der Waals surface area contributed by atoms with Crippen LogP contribution in [0.15, 0.2) is 24.3 Å². The summed E-state index contributed by atoms with van der Waals surface area (Å²) in [7, 11) is 0. The van der Waals surface area contributed by atoms with E-state index in [4.69, 9.17) is 0 Å². The number of aromatic nitrogens is 2. The van der Waals surface area contributed by atoms with Gasteiger partial charge in [-0.05, 0) is 32.3 Å². The molecule has 1 aromatic carbocycles. The second-order valence-corrected chi connectivity index (χ2v) is 5.52. The quantitative estimate of drug-likeness (QED) is 0.908. The van der Waals surface area contributed by atoms with Crippen molar-refractivity contribution in [3.8, 4) is 11.4 Å². The largest absolute Gasteiger partial charge is 0.480 e. The van der Waals surface area contributed by atoms with Crippen LogP contribution in [0.4, 0.5) is 0 Å². The predicted octanol–water partition coefficient (Wildman–Crippen LogP) is 2.52. The van der Waals surface area contributed by atoms with E-state index in [0.717, 1.165) is 11.1 Å². The number of carboxylic acid groups (broad SMARTS) is 2. The first-order chi connectivity index (χ1) is 10.5. The molecule has 1 aromatic heterocycles. The van der Waals surface area contributed by atoms with E-state index < -0.39 is 18.0 Å². The Labute approximate surface area is 127 Å². The summed E-state index contributed by atoms with van der Waals surface area (Å²) in [4.78, 5) is 27.2. The summed E-state index contributed by atoms with van der Waals surface area (Å²) in [6, 6.07) is 6.72. The molecule has 1 aliphatic rings. The van der Waals surface area contributed by atoms with Gasteiger partial charge in [-0.2, -0.15) is 0 Å². The zero-order valence-corrected chi connectivity index (χ0v) is 12.1. The van der Waals surface area contributed by atoms with Crippen LogP contribution in [0.3, 0.4) is 0 Å². The lowest BCUT2D eigenvalue weighted by atomic mass is 10.0. The van der Waals surface area contributed by atoms with Gasteiger partial charge in [0.25, 0.3) is 0 Å². The molecular formula is C16H16N2O4. The maximum Gasteiger partial charge on any atom is 0.356 e. The average molecular weight is 300 g/mol. The summed E-state index contributed by atoms with van der Waals surface area (Å²) in [6.07, 6.45) is 1.66. The van der Waals surface area contributed by atoms with Gasteiger partial charge in [0.1, 0.15) is 11.9 Å². The van der Waals surface area contributed by atoms with Crippen molar-refractivity contribution in [2.45, 2.75) is 32.2 Å². The minimum absolute atomic E-state index is 0.0394. The maximum atomic E-state index is 11.6. The molecule has 0 saturated heterocycles. The monoisotopic (exact) mass is 300 g/mol. The molecule has 0 fully saturated rings. The van der Waals surface area contributed by atoms with Crippen molar-refractivity contribution in [2.24, 2.45) is 0 Å². The molecule has 1 aliphatic heterocycles. The lowest BCUT2D eigenvalue weighted by molar-refractivity contribution is -0.141. The number of aryl methyl sites for hydroxylation is 1. The van der Waals surface area contributed by atoms with Crippen molar-refractivity contribution >= 4 is 11.9 Å². The number of fused-ring (bicyclic) bond motifs is 1. The van der Waals surface area contributed by atoms with Crippen molar-refractivity contribution < 1.29 is 19.8 Å². The molecule has 2 heterocycles. The molecule has 1 unspecified atom stereocenters. The maximum absolute atomic E-state index is 11.6. The first-order valence-electron chi connectivity index (χ1n) is 7.13. The standard InChI is InChI=1S/C16H16N2O4/c1-9-4-2-5-10(8-9)14-17-13(16(21)22)11-6-3-7-12(15(19)20)18(11)14/h2,4-5,8,12H,3,6-7H2,1H3,(H,19,20)(H,21,22). The van der Waals surface area contributed by atoms with E-state index in [1.54, 1.807) is 4.57 Å². The van der Waals surface area contributed by atoms with Crippen LogP contribution in [-0.2, 0) is 11.2 Å². The van der Waals surface area contributed by atoms with Gasteiger partial charge in [-0.25, -0.2) is 14.6 Å². The molecule has 2 N–H and O–H groups in total.